The molecule has 0 saturated carbocycles. The number of nitrogens with two attached hydrogens (primary N) is 1. The maximum atomic E-state index is 13.9. The molecule has 2 aromatic rings. The van der Waals surface area contributed by atoms with Crippen LogP contribution in [0.4, 0.5) is 20.3 Å². The van der Waals surface area contributed by atoms with Crippen molar-refractivity contribution in [3.8, 4) is 5.75 Å². The van der Waals surface area contributed by atoms with Crippen LogP contribution in [-0.4, -0.2) is 60.0 Å². The van der Waals surface area contributed by atoms with E-state index >= 15 is 0 Å². The lowest BCUT2D eigenvalue weighted by atomic mass is 9.85. The lowest BCUT2D eigenvalue weighted by Gasteiger charge is -2.53. The first kappa shape index (κ1) is 12.2. The first-order valence-corrected chi connectivity index (χ1v) is 7.56. The van der Waals surface area contributed by atoms with Crippen molar-refractivity contribution >= 4 is 22.4 Å². The summed E-state index contributed by atoms with van der Waals surface area (Å²) >= 11 is 0. The molecular formula is C16H19F2N5O. The first-order chi connectivity index (χ1) is 12.5. The highest BCUT2D eigenvalue weighted by Gasteiger charge is 2.59. The SMILES string of the molecule is [2H]C([2H])([2H])Oc1ccc2ncnc(N)c2c1N1CC2(C1)CC(F)(F)CN2C. The molecule has 0 aliphatic carbocycles. The standard InChI is InChI=1S/C16H19F2N5O/c1-22-8-16(17,18)5-15(22)6-23(7-15)13-11(24-2)4-3-10-12(13)14(19)21-9-20-10/h3-4,9H,5-8H2,1-2H3,(H2,19,20,21)/i2D3. The summed E-state index contributed by atoms with van der Waals surface area (Å²) in [4.78, 5) is 11.6. The van der Waals surface area contributed by atoms with Crippen molar-refractivity contribution < 1.29 is 17.6 Å². The third-order valence-electron chi connectivity index (χ3n) is 5.03. The van der Waals surface area contributed by atoms with Crippen LogP contribution in [0.2, 0.25) is 0 Å². The van der Waals surface area contributed by atoms with Crippen molar-refractivity contribution in [1.29, 1.82) is 0 Å². The van der Waals surface area contributed by atoms with Gasteiger partial charge in [0.25, 0.3) is 5.92 Å². The molecule has 1 spiro atoms. The van der Waals surface area contributed by atoms with Crippen molar-refractivity contribution in [2.75, 3.05) is 44.4 Å². The Morgan fingerprint density at radius 2 is 2.08 bits per heavy atom. The number of halogens is 2. The van der Waals surface area contributed by atoms with E-state index in [1.165, 1.54) is 12.4 Å². The molecule has 2 saturated heterocycles. The Bertz CT molecular complexity index is 901. The summed E-state index contributed by atoms with van der Waals surface area (Å²) in [6, 6.07) is 3.11. The third kappa shape index (κ3) is 2.09. The zero-order valence-corrected chi connectivity index (χ0v) is 13.1. The zero-order valence-electron chi connectivity index (χ0n) is 16.1. The van der Waals surface area contributed by atoms with E-state index in [0.29, 0.717) is 29.7 Å². The molecule has 2 fully saturated rings. The minimum Gasteiger partial charge on any atom is -0.495 e. The zero-order chi connectivity index (χ0) is 19.6. The Kier molecular flexibility index (Phi) is 2.48. The van der Waals surface area contributed by atoms with Gasteiger partial charge in [0.15, 0.2) is 0 Å². The van der Waals surface area contributed by atoms with Crippen LogP contribution in [0, 0.1) is 0 Å². The smallest absolute Gasteiger partial charge is 0.262 e. The Morgan fingerprint density at radius 1 is 1.29 bits per heavy atom. The van der Waals surface area contributed by atoms with Crippen molar-refractivity contribution in [2.24, 2.45) is 0 Å². The Hall–Kier alpha value is -2.22. The van der Waals surface area contributed by atoms with Crippen LogP contribution < -0.4 is 15.4 Å². The molecule has 8 heteroatoms. The lowest BCUT2D eigenvalue weighted by Crippen LogP contribution is -2.67. The Morgan fingerprint density at radius 3 is 2.75 bits per heavy atom. The number of likely N-dealkylation sites (N-methyl/N-ethyl adjacent to an activating group) is 1. The fraction of sp³-hybridized carbons (Fsp3) is 0.500. The highest BCUT2D eigenvalue weighted by molar-refractivity contribution is 6.02. The lowest BCUT2D eigenvalue weighted by molar-refractivity contribution is 0.0118. The predicted octanol–water partition coefficient (Wildman–Crippen LogP) is 1.75. The molecule has 0 radical (unpaired) electrons. The van der Waals surface area contributed by atoms with Gasteiger partial charge in [0.05, 0.1) is 39.8 Å². The number of anilines is 2. The second-order valence-electron chi connectivity index (χ2n) is 6.64. The summed E-state index contributed by atoms with van der Waals surface area (Å²) in [6.07, 6.45) is 1.08. The molecule has 0 atom stereocenters. The summed E-state index contributed by atoms with van der Waals surface area (Å²) < 4.78 is 55.1. The summed E-state index contributed by atoms with van der Waals surface area (Å²) in [6.45, 7) is 0.327. The van der Waals surface area contributed by atoms with Gasteiger partial charge in [0, 0.05) is 19.5 Å². The van der Waals surface area contributed by atoms with Gasteiger partial charge in [-0.3, -0.25) is 4.90 Å². The first-order valence-electron chi connectivity index (χ1n) is 9.06. The van der Waals surface area contributed by atoms with Crippen LogP contribution in [0.5, 0.6) is 5.75 Å². The fourth-order valence-corrected chi connectivity index (χ4v) is 3.90. The van der Waals surface area contributed by atoms with Gasteiger partial charge in [-0.05, 0) is 19.2 Å². The van der Waals surface area contributed by atoms with Gasteiger partial charge < -0.3 is 15.4 Å². The number of rotatable bonds is 2. The topological polar surface area (TPSA) is 67.5 Å². The molecule has 2 aliphatic rings. The molecule has 1 aromatic carbocycles. The summed E-state index contributed by atoms with van der Waals surface area (Å²) in [7, 11) is -0.981. The van der Waals surface area contributed by atoms with Gasteiger partial charge in [0.2, 0.25) is 0 Å². The normalized spacial score (nSPS) is 24.5. The highest BCUT2D eigenvalue weighted by Crippen LogP contribution is 2.48. The van der Waals surface area contributed by atoms with Crippen LogP contribution in [0.15, 0.2) is 18.5 Å². The van der Waals surface area contributed by atoms with Crippen LogP contribution in [-0.2, 0) is 0 Å². The second kappa shape index (κ2) is 4.89. The molecule has 1 aromatic heterocycles. The molecule has 0 amide bonds. The molecule has 24 heavy (non-hydrogen) atoms. The largest absolute Gasteiger partial charge is 0.495 e. The molecule has 0 bridgehead atoms. The van der Waals surface area contributed by atoms with Crippen LogP contribution in [0.25, 0.3) is 10.9 Å². The number of benzene rings is 1. The maximum Gasteiger partial charge on any atom is 0.262 e. The fourth-order valence-electron chi connectivity index (χ4n) is 3.90. The number of ether oxygens (including phenoxy) is 1. The molecule has 6 nitrogen and oxygen atoms in total. The monoisotopic (exact) mass is 338 g/mol. The van der Waals surface area contributed by atoms with E-state index in [1.807, 2.05) is 0 Å². The van der Waals surface area contributed by atoms with Crippen molar-refractivity contribution in [2.45, 2.75) is 17.9 Å². The van der Waals surface area contributed by atoms with Crippen molar-refractivity contribution in [3.63, 3.8) is 0 Å². The highest BCUT2D eigenvalue weighted by atomic mass is 19.3. The third-order valence-corrected chi connectivity index (χ3v) is 5.03. The summed E-state index contributed by atoms with van der Waals surface area (Å²) in [5.74, 6) is -2.46. The number of nitrogen functional groups attached to an aromatic ring is 1. The van der Waals surface area contributed by atoms with Crippen LogP contribution >= 0.6 is 0 Å². The van der Waals surface area contributed by atoms with E-state index in [9.17, 15) is 8.78 Å². The molecule has 128 valence electrons. The predicted molar refractivity (Wildman–Crippen MR) is 87.6 cm³/mol. The number of nitrogens with zero attached hydrogens (tertiary/aromatic N) is 4. The van der Waals surface area contributed by atoms with E-state index in [1.54, 1.807) is 22.9 Å². The quantitative estimate of drug-likeness (QED) is 0.900. The Balaban J connectivity index is 1.76. The number of alkyl halides is 2. The minimum absolute atomic E-state index is 0.103. The molecule has 3 heterocycles. The maximum absolute atomic E-state index is 13.9. The van der Waals surface area contributed by atoms with E-state index in [-0.39, 0.29) is 24.5 Å². The van der Waals surface area contributed by atoms with Crippen LogP contribution in [0.3, 0.4) is 0 Å². The van der Waals surface area contributed by atoms with Crippen molar-refractivity contribution in [3.05, 3.63) is 18.5 Å². The van der Waals surface area contributed by atoms with Gasteiger partial charge >= 0.3 is 0 Å². The molecule has 2 N–H and O–H groups in total. The van der Waals surface area contributed by atoms with E-state index < -0.39 is 18.5 Å². The summed E-state index contributed by atoms with van der Waals surface area (Å²) in [5.41, 5.74) is 6.31. The molecule has 2 aliphatic heterocycles. The van der Waals surface area contributed by atoms with E-state index in [4.69, 9.17) is 14.6 Å². The number of hydrogen-bond acceptors (Lipinski definition) is 6. The molecular weight excluding hydrogens is 316 g/mol. The van der Waals surface area contributed by atoms with Gasteiger partial charge in [-0.25, -0.2) is 18.7 Å². The number of likely N-dealkylation sites (tertiary alicyclic amines) is 1. The summed E-state index contributed by atoms with van der Waals surface area (Å²) in [5, 5.41) is 0.460. The van der Waals surface area contributed by atoms with Gasteiger partial charge in [-0.15, -0.1) is 0 Å². The molecule has 0 unspecified atom stereocenters. The average Bonchev–Trinajstić information content (AvgIpc) is 2.74. The average molecular weight is 338 g/mol. The molecule has 4 rings (SSSR count). The van der Waals surface area contributed by atoms with Crippen molar-refractivity contribution in [1.82, 2.24) is 14.9 Å². The van der Waals surface area contributed by atoms with E-state index in [2.05, 4.69) is 9.97 Å². The van der Waals surface area contributed by atoms with Crippen LogP contribution in [0.1, 0.15) is 10.5 Å². The van der Waals surface area contributed by atoms with E-state index in [0.717, 1.165) is 0 Å². The second-order valence-corrected chi connectivity index (χ2v) is 6.64. The van der Waals surface area contributed by atoms with Gasteiger partial charge in [-0.2, -0.15) is 0 Å². The minimum atomic E-state index is -2.74. The van der Waals surface area contributed by atoms with Gasteiger partial charge in [-0.1, -0.05) is 0 Å². The van der Waals surface area contributed by atoms with Gasteiger partial charge in [0.1, 0.15) is 17.9 Å². The number of aromatic nitrogens is 2. The number of fused-ring (bicyclic) bond motifs is 1. The number of methoxy groups -OCH3 is 1. The Labute approximate surface area is 142 Å². The number of hydrogen-bond donors (Lipinski definition) is 1.